The number of hydrogen-bond acceptors (Lipinski definition) is 4. The summed E-state index contributed by atoms with van der Waals surface area (Å²) in [6.45, 7) is 3.51. The van der Waals surface area contributed by atoms with Gasteiger partial charge in [0.25, 0.3) is 5.56 Å². The van der Waals surface area contributed by atoms with Crippen molar-refractivity contribution in [1.29, 1.82) is 0 Å². The fourth-order valence-corrected chi connectivity index (χ4v) is 2.77. The maximum atomic E-state index is 12.6. The fraction of sp³-hybridized carbons (Fsp3) is 0.333. The quantitative estimate of drug-likeness (QED) is 0.885. The molecule has 3 rings (SSSR count). The SMILES string of the molecule is C[C@H]1OCCN[C@@H]1C(=O)Nc1cccn(Cc2ccccc2)c1=O. The lowest BCUT2D eigenvalue weighted by atomic mass is 10.1. The van der Waals surface area contributed by atoms with Crippen LogP contribution in [0, 0.1) is 0 Å². The number of rotatable bonds is 4. The van der Waals surface area contributed by atoms with Crippen LogP contribution in [0.1, 0.15) is 12.5 Å². The van der Waals surface area contributed by atoms with Crippen molar-refractivity contribution in [3.8, 4) is 0 Å². The molecule has 1 aliphatic heterocycles. The maximum absolute atomic E-state index is 12.6. The summed E-state index contributed by atoms with van der Waals surface area (Å²) in [5.74, 6) is -0.253. The van der Waals surface area contributed by atoms with Gasteiger partial charge in [0.05, 0.1) is 19.3 Å². The Morgan fingerprint density at radius 3 is 2.83 bits per heavy atom. The number of ether oxygens (including phenoxy) is 1. The molecule has 1 aliphatic rings. The lowest BCUT2D eigenvalue weighted by Crippen LogP contribution is -2.53. The van der Waals surface area contributed by atoms with Gasteiger partial charge < -0.3 is 19.9 Å². The predicted octanol–water partition coefficient (Wildman–Crippen LogP) is 1.21. The molecule has 6 nitrogen and oxygen atoms in total. The number of benzene rings is 1. The summed E-state index contributed by atoms with van der Waals surface area (Å²) >= 11 is 0. The first-order valence-corrected chi connectivity index (χ1v) is 8.04. The molecular formula is C18H21N3O3. The number of nitrogens with zero attached hydrogens (tertiary/aromatic N) is 1. The van der Waals surface area contributed by atoms with Crippen molar-refractivity contribution in [2.24, 2.45) is 0 Å². The normalized spacial score (nSPS) is 20.5. The second kappa shape index (κ2) is 7.42. The molecule has 2 atom stereocenters. The van der Waals surface area contributed by atoms with Gasteiger partial charge >= 0.3 is 0 Å². The highest BCUT2D eigenvalue weighted by Gasteiger charge is 2.28. The van der Waals surface area contributed by atoms with Gasteiger partial charge in [-0.2, -0.15) is 0 Å². The number of amides is 1. The summed E-state index contributed by atoms with van der Waals surface area (Å²) < 4.78 is 7.06. The zero-order valence-corrected chi connectivity index (χ0v) is 13.6. The average Bonchev–Trinajstić information content (AvgIpc) is 2.60. The summed E-state index contributed by atoms with van der Waals surface area (Å²) in [6, 6.07) is 12.6. The lowest BCUT2D eigenvalue weighted by molar-refractivity contribution is -0.123. The van der Waals surface area contributed by atoms with E-state index in [1.54, 1.807) is 22.9 Å². The third-order valence-corrected chi connectivity index (χ3v) is 4.07. The minimum absolute atomic E-state index is 0.223. The molecule has 126 valence electrons. The lowest BCUT2D eigenvalue weighted by Gasteiger charge is -2.29. The molecule has 6 heteroatoms. The highest BCUT2D eigenvalue weighted by atomic mass is 16.5. The number of hydrogen-bond donors (Lipinski definition) is 2. The Balaban J connectivity index is 1.75. The molecule has 0 saturated carbocycles. The van der Waals surface area contributed by atoms with E-state index in [-0.39, 0.29) is 23.3 Å². The Bertz CT molecular complexity index is 758. The van der Waals surface area contributed by atoms with Crippen LogP contribution in [0.15, 0.2) is 53.5 Å². The summed E-state index contributed by atoms with van der Waals surface area (Å²) in [5, 5.41) is 5.84. The van der Waals surface area contributed by atoms with Crippen molar-refractivity contribution in [1.82, 2.24) is 9.88 Å². The van der Waals surface area contributed by atoms with Crippen LogP contribution in [0.2, 0.25) is 0 Å². The van der Waals surface area contributed by atoms with Crippen LogP contribution in [-0.4, -0.2) is 35.8 Å². The van der Waals surface area contributed by atoms with E-state index in [9.17, 15) is 9.59 Å². The van der Waals surface area contributed by atoms with Crippen molar-refractivity contribution >= 4 is 11.6 Å². The van der Waals surface area contributed by atoms with Gasteiger partial charge in [0.15, 0.2) is 0 Å². The highest BCUT2D eigenvalue weighted by molar-refractivity contribution is 5.95. The Morgan fingerprint density at radius 2 is 2.08 bits per heavy atom. The zero-order chi connectivity index (χ0) is 16.9. The average molecular weight is 327 g/mol. The van der Waals surface area contributed by atoms with Crippen LogP contribution in [0.25, 0.3) is 0 Å². The van der Waals surface area contributed by atoms with Crippen molar-refractivity contribution in [3.63, 3.8) is 0 Å². The fourth-order valence-electron chi connectivity index (χ4n) is 2.77. The first kappa shape index (κ1) is 16.4. The Kier molecular flexibility index (Phi) is 5.08. The second-order valence-corrected chi connectivity index (χ2v) is 5.84. The number of nitrogens with one attached hydrogen (secondary N) is 2. The molecule has 1 saturated heterocycles. The van der Waals surface area contributed by atoms with Crippen molar-refractivity contribution < 1.29 is 9.53 Å². The van der Waals surface area contributed by atoms with E-state index in [0.29, 0.717) is 19.7 Å². The molecule has 24 heavy (non-hydrogen) atoms. The first-order valence-electron chi connectivity index (χ1n) is 8.04. The number of pyridine rings is 1. The third kappa shape index (κ3) is 3.72. The number of aromatic nitrogens is 1. The molecule has 2 heterocycles. The van der Waals surface area contributed by atoms with E-state index in [2.05, 4.69) is 10.6 Å². The Hall–Kier alpha value is -2.44. The highest BCUT2D eigenvalue weighted by Crippen LogP contribution is 2.08. The van der Waals surface area contributed by atoms with Crippen molar-refractivity contribution in [2.45, 2.75) is 25.6 Å². The van der Waals surface area contributed by atoms with Crippen LogP contribution >= 0.6 is 0 Å². The van der Waals surface area contributed by atoms with E-state index in [4.69, 9.17) is 4.74 Å². The minimum Gasteiger partial charge on any atom is -0.375 e. The largest absolute Gasteiger partial charge is 0.375 e. The van der Waals surface area contributed by atoms with Crippen molar-refractivity contribution in [2.75, 3.05) is 18.5 Å². The van der Waals surface area contributed by atoms with Crippen molar-refractivity contribution in [3.05, 3.63) is 64.6 Å². The van der Waals surface area contributed by atoms with Gasteiger partial charge in [0, 0.05) is 12.7 Å². The van der Waals surface area contributed by atoms with Crippen LogP contribution in [0.3, 0.4) is 0 Å². The molecule has 1 fully saturated rings. The third-order valence-electron chi connectivity index (χ3n) is 4.07. The molecule has 2 N–H and O–H groups in total. The number of anilines is 1. The van der Waals surface area contributed by atoms with Gasteiger partial charge in [-0.05, 0) is 24.6 Å². The summed E-state index contributed by atoms with van der Waals surface area (Å²) in [7, 11) is 0. The smallest absolute Gasteiger partial charge is 0.274 e. The molecular weight excluding hydrogens is 306 g/mol. The molecule has 0 unspecified atom stereocenters. The molecule has 0 aliphatic carbocycles. The van der Waals surface area contributed by atoms with Crippen LogP contribution in [-0.2, 0) is 16.1 Å². The summed E-state index contributed by atoms with van der Waals surface area (Å²) in [5.41, 5.74) is 1.08. The molecule has 1 aromatic carbocycles. The summed E-state index contributed by atoms with van der Waals surface area (Å²) in [4.78, 5) is 25.0. The molecule has 0 radical (unpaired) electrons. The number of morpholine rings is 1. The molecule has 0 spiro atoms. The maximum Gasteiger partial charge on any atom is 0.274 e. The summed E-state index contributed by atoms with van der Waals surface area (Å²) in [6.07, 6.45) is 1.49. The first-order chi connectivity index (χ1) is 11.6. The topological polar surface area (TPSA) is 72.4 Å². The van der Waals surface area contributed by atoms with Gasteiger partial charge in [0.2, 0.25) is 5.91 Å². The van der Waals surface area contributed by atoms with Gasteiger partial charge in [-0.15, -0.1) is 0 Å². The Labute approximate surface area is 140 Å². The monoisotopic (exact) mass is 327 g/mol. The molecule has 0 bridgehead atoms. The molecule has 1 aromatic heterocycles. The van der Waals surface area contributed by atoms with E-state index in [1.807, 2.05) is 37.3 Å². The zero-order valence-electron chi connectivity index (χ0n) is 13.6. The van der Waals surface area contributed by atoms with E-state index < -0.39 is 6.04 Å². The van der Waals surface area contributed by atoms with Crippen LogP contribution < -0.4 is 16.2 Å². The molecule has 2 aromatic rings. The van der Waals surface area contributed by atoms with Gasteiger partial charge in [-0.25, -0.2) is 0 Å². The standard InChI is InChI=1S/C18H21N3O3/c1-13-16(19-9-11-24-13)17(22)20-15-8-5-10-21(18(15)23)12-14-6-3-2-4-7-14/h2-8,10,13,16,19H,9,11-12H2,1H3,(H,20,22)/t13-,16+/m1/s1. The van der Waals surface area contributed by atoms with Gasteiger partial charge in [-0.3, -0.25) is 9.59 Å². The molecule has 1 amide bonds. The van der Waals surface area contributed by atoms with Gasteiger partial charge in [0.1, 0.15) is 11.7 Å². The van der Waals surface area contributed by atoms with Crippen LogP contribution in [0.5, 0.6) is 0 Å². The van der Waals surface area contributed by atoms with E-state index in [1.165, 1.54) is 0 Å². The van der Waals surface area contributed by atoms with Crippen LogP contribution in [0.4, 0.5) is 5.69 Å². The minimum atomic E-state index is -0.457. The second-order valence-electron chi connectivity index (χ2n) is 5.84. The Morgan fingerprint density at radius 1 is 1.29 bits per heavy atom. The van der Waals surface area contributed by atoms with E-state index >= 15 is 0 Å². The van der Waals surface area contributed by atoms with E-state index in [0.717, 1.165) is 5.56 Å². The van der Waals surface area contributed by atoms with Gasteiger partial charge in [-0.1, -0.05) is 30.3 Å². The predicted molar refractivity (Wildman–Crippen MR) is 92.1 cm³/mol. The number of carbonyl (C=O) groups excluding carboxylic acids is 1. The number of carbonyl (C=O) groups is 1.